The van der Waals surface area contributed by atoms with Gasteiger partial charge in [0.05, 0.1) is 11.4 Å². The van der Waals surface area contributed by atoms with Gasteiger partial charge in [0.15, 0.2) is 0 Å². The van der Waals surface area contributed by atoms with Gasteiger partial charge >= 0.3 is 0 Å². The van der Waals surface area contributed by atoms with Crippen LogP contribution in [0.5, 0.6) is 0 Å². The first-order valence-corrected chi connectivity index (χ1v) is 5.81. The van der Waals surface area contributed by atoms with Crippen molar-refractivity contribution in [3.63, 3.8) is 0 Å². The lowest BCUT2D eigenvalue weighted by Crippen LogP contribution is -2.01. The molecule has 1 aromatic carbocycles. The van der Waals surface area contributed by atoms with E-state index < -0.39 is 0 Å². The van der Waals surface area contributed by atoms with E-state index in [0.29, 0.717) is 0 Å². The van der Waals surface area contributed by atoms with E-state index >= 15 is 0 Å². The fourth-order valence-corrected chi connectivity index (χ4v) is 1.64. The maximum Gasteiger partial charge on any atom is 0.216 e. The Morgan fingerprint density at radius 3 is 3.00 bits per heavy atom. The van der Waals surface area contributed by atoms with Crippen LogP contribution in [0.2, 0.25) is 0 Å². The van der Waals surface area contributed by atoms with Gasteiger partial charge in [0.1, 0.15) is 18.0 Å². The SMILES string of the molecule is N#CC(=CNc1ccccc1-n1cnnn1)c1nn[nH]n1. The van der Waals surface area contributed by atoms with Crippen LogP contribution >= 0.6 is 0 Å². The summed E-state index contributed by atoms with van der Waals surface area (Å²) in [6, 6.07) is 9.38. The van der Waals surface area contributed by atoms with Crippen LogP contribution in [0.25, 0.3) is 11.3 Å². The summed E-state index contributed by atoms with van der Waals surface area (Å²) in [5.41, 5.74) is 1.71. The van der Waals surface area contributed by atoms with Crippen molar-refractivity contribution in [2.45, 2.75) is 0 Å². The molecule has 10 heteroatoms. The van der Waals surface area contributed by atoms with Crippen molar-refractivity contribution in [1.29, 1.82) is 5.26 Å². The van der Waals surface area contributed by atoms with Gasteiger partial charge in [-0.2, -0.15) is 15.2 Å². The van der Waals surface area contributed by atoms with Gasteiger partial charge < -0.3 is 5.32 Å². The number of tetrazole rings is 2. The summed E-state index contributed by atoms with van der Waals surface area (Å²) in [5.74, 6) is 0.213. The molecule has 0 bridgehead atoms. The molecule has 102 valence electrons. The van der Waals surface area contributed by atoms with E-state index in [1.165, 1.54) is 17.2 Å². The Bertz CT molecular complexity index is 781. The normalized spacial score (nSPS) is 11.1. The predicted molar refractivity (Wildman–Crippen MR) is 70.5 cm³/mol. The van der Waals surface area contributed by atoms with E-state index in [2.05, 4.69) is 41.5 Å². The van der Waals surface area contributed by atoms with Gasteiger partial charge in [-0.1, -0.05) is 12.1 Å². The Labute approximate surface area is 118 Å². The first-order valence-electron chi connectivity index (χ1n) is 5.81. The molecule has 0 saturated carbocycles. The molecule has 2 aromatic heterocycles. The van der Waals surface area contributed by atoms with Gasteiger partial charge in [-0.15, -0.1) is 15.3 Å². The van der Waals surface area contributed by atoms with Gasteiger partial charge in [-0.05, 0) is 27.8 Å². The number of para-hydroxylation sites is 2. The zero-order valence-corrected chi connectivity index (χ0v) is 10.5. The molecule has 3 rings (SSSR count). The summed E-state index contributed by atoms with van der Waals surface area (Å²) in [5, 5.41) is 36.4. The average molecular weight is 280 g/mol. The molecule has 2 N–H and O–H groups in total. The average Bonchev–Trinajstić information content (AvgIpc) is 3.22. The summed E-state index contributed by atoms with van der Waals surface area (Å²) in [4.78, 5) is 0. The third-order valence-electron chi connectivity index (χ3n) is 2.58. The molecule has 0 aliphatic heterocycles. The van der Waals surface area contributed by atoms with E-state index in [9.17, 15) is 0 Å². The minimum atomic E-state index is 0.213. The van der Waals surface area contributed by atoms with Crippen molar-refractivity contribution >= 4 is 11.3 Å². The molecular weight excluding hydrogens is 272 g/mol. The summed E-state index contributed by atoms with van der Waals surface area (Å²) >= 11 is 0. The topological polar surface area (TPSA) is 134 Å². The van der Waals surface area contributed by atoms with Crippen LogP contribution in [0.4, 0.5) is 5.69 Å². The number of benzene rings is 1. The van der Waals surface area contributed by atoms with Crippen LogP contribution in [0.15, 0.2) is 36.8 Å². The van der Waals surface area contributed by atoms with E-state index in [4.69, 9.17) is 5.26 Å². The number of nitriles is 1. The Kier molecular flexibility index (Phi) is 3.30. The van der Waals surface area contributed by atoms with Crippen LogP contribution in [0, 0.1) is 11.3 Å². The molecule has 21 heavy (non-hydrogen) atoms. The smallest absolute Gasteiger partial charge is 0.216 e. The predicted octanol–water partition coefficient (Wildman–Crippen LogP) is 0.152. The highest BCUT2D eigenvalue weighted by atomic mass is 15.5. The van der Waals surface area contributed by atoms with E-state index in [-0.39, 0.29) is 11.4 Å². The third kappa shape index (κ3) is 2.56. The summed E-state index contributed by atoms with van der Waals surface area (Å²) < 4.78 is 1.51. The number of H-pyrrole nitrogens is 1. The van der Waals surface area contributed by atoms with Crippen molar-refractivity contribution < 1.29 is 0 Å². The number of anilines is 1. The minimum absolute atomic E-state index is 0.213. The molecule has 0 amide bonds. The van der Waals surface area contributed by atoms with Crippen molar-refractivity contribution in [3.05, 3.63) is 42.6 Å². The number of hydrogen-bond acceptors (Lipinski definition) is 8. The number of hydrogen-bond donors (Lipinski definition) is 2. The number of nitrogens with zero attached hydrogens (tertiary/aromatic N) is 8. The van der Waals surface area contributed by atoms with E-state index in [0.717, 1.165) is 11.4 Å². The van der Waals surface area contributed by atoms with Crippen LogP contribution < -0.4 is 5.32 Å². The summed E-state index contributed by atoms with van der Waals surface area (Å²) in [6.45, 7) is 0. The number of aromatic amines is 1. The number of nitrogens with one attached hydrogen (secondary N) is 2. The molecule has 0 fully saturated rings. The highest BCUT2D eigenvalue weighted by Crippen LogP contribution is 2.19. The highest BCUT2D eigenvalue weighted by Gasteiger charge is 2.07. The Hall–Kier alpha value is -3.61. The molecule has 0 atom stereocenters. The molecule has 0 aliphatic rings. The summed E-state index contributed by atoms with van der Waals surface area (Å²) in [7, 11) is 0. The molecule has 0 aliphatic carbocycles. The van der Waals surface area contributed by atoms with Crippen molar-refractivity contribution in [2.75, 3.05) is 5.32 Å². The van der Waals surface area contributed by atoms with Crippen molar-refractivity contribution in [2.24, 2.45) is 0 Å². The second-order valence-corrected chi connectivity index (χ2v) is 3.82. The first-order chi connectivity index (χ1) is 10.4. The van der Waals surface area contributed by atoms with Gasteiger partial charge in [0, 0.05) is 6.20 Å². The number of aromatic nitrogens is 8. The van der Waals surface area contributed by atoms with Gasteiger partial charge in [-0.25, -0.2) is 0 Å². The molecule has 0 unspecified atom stereocenters. The van der Waals surface area contributed by atoms with Crippen LogP contribution in [0.1, 0.15) is 5.82 Å². The van der Waals surface area contributed by atoms with Gasteiger partial charge in [0.25, 0.3) is 0 Å². The molecule has 3 aromatic rings. The fourth-order valence-electron chi connectivity index (χ4n) is 1.64. The quantitative estimate of drug-likeness (QED) is 0.645. The standard InChI is InChI=1S/C11H8N10/c12-5-8(11-15-18-19-16-11)6-13-9-3-1-2-4-10(9)21-7-14-17-20-21/h1-4,6-7,13H,(H,15,16,18,19). The van der Waals surface area contributed by atoms with Crippen LogP contribution in [-0.4, -0.2) is 40.8 Å². The van der Waals surface area contributed by atoms with Crippen LogP contribution in [-0.2, 0) is 0 Å². The maximum atomic E-state index is 9.11. The largest absolute Gasteiger partial charge is 0.359 e. The maximum absolute atomic E-state index is 9.11. The highest BCUT2D eigenvalue weighted by molar-refractivity contribution is 5.75. The molecule has 0 saturated heterocycles. The van der Waals surface area contributed by atoms with Gasteiger partial charge in [-0.3, -0.25) is 0 Å². The van der Waals surface area contributed by atoms with E-state index in [1.54, 1.807) is 0 Å². The lowest BCUT2D eigenvalue weighted by atomic mass is 10.2. The van der Waals surface area contributed by atoms with E-state index in [1.807, 2.05) is 30.3 Å². The van der Waals surface area contributed by atoms with Crippen LogP contribution in [0.3, 0.4) is 0 Å². The van der Waals surface area contributed by atoms with Gasteiger partial charge in [0.2, 0.25) is 5.82 Å². The zero-order valence-electron chi connectivity index (χ0n) is 10.5. The van der Waals surface area contributed by atoms with Crippen molar-refractivity contribution in [3.8, 4) is 11.8 Å². The number of allylic oxidation sites excluding steroid dienone is 1. The second kappa shape index (κ2) is 5.57. The number of rotatable bonds is 4. The first kappa shape index (κ1) is 12.4. The molecule has 2 heterocycles. The monoisotopic (exact) mass is 280 g/mol. The summed E-state index contributed by atoms with van der Waals surface area (Å²) in [6.07, 6.45) is 2.97. The Morgan fingerprint density at radius 2 is 2.29 bits per heavy atom. The van der Waals surface area contributed by atoms with Crippen molar-refractivity contribution in [1.82, 2.24) is 40.8 Å². The fraction of sp³-hybridized carbons (Fsp3) is 0. The molecule has 0 radical (unpaired) electrons. The Balaban J connectivity index is 1.91. The lowest BCUT2D eigenvalue weighted by Gasteiger charge is -2.07. The molecule has 10 nitrogen and oxygen atoms in total. The lowest BCUT2D eigenvalue weighted by molar-refractivity contribution is 0.790. The second-order valence-electron chi connectivity index (χ2n) is 3.82. The molecular formula is C11H8N10. The molecule has 0 spiro atoms. The third-order valence-corrected chi connectivity index (χ3v) is 2.58. The minimum Gasteiger partial charge on any atom is -0.359 e. The Morgan fingerprint density at radius 1 is 1.38 bits per heavy atom. The zero-order chi connectivity index (χ0) is 14.5.